The maximum absolute atomic E-state index is 11.4. The number of alkyl halides is 1. The van der Waals surface area contributed by atoms with E-state index in [0.29, 0.717) is 29.9 Å². The van der Waals surface area contributed by atoms with Crippen LogP contribution in [0.25, 0.3) is 0 Å². The Morgan fingerprint density at radius 3 is 2.87 bits per heavy atom. The third-order valence-corrected chi connectivity index (χ3v) is 2.34. The summed E-state index contributed by atoms with van der Waals surface area (Å²) in [7, 11) is 1.62. The molecule has 3 nitrogen and oxygen atoms in total. The highest BCUT2D eigenvalue weighted by Crippen LogP contribution is 2.14. The second-order valence-electron chi connectivity index (χ2n) is 2.93. The lowest BCUT2D eigenvalue weighted by molar-refractivity contribution is 0.102. The molecule has 0 fully saturated rings. The Morgan fingerprint density at radius 2 is 2.20 bits per heavy atom. The molecule has 1 aromatic carbocycles. The lowest BCUT2D eigenvalue weighted by Crippen LogP contribution is -2.05. The zero-order valence-corrected chi connectivity index (χ0v) is 10.1. The number of ether oxygens (including phenoxy) is 2. The quantitative estimate of drug-likeness (QED) is 0.453. The fourth-order valence-corrected chi connectivity index (χ4v) is 1.40. The number of Topliss-reactive ketones (excluding diaryl/α,β-unsaturated/α-hetero) is 1. The summed E-state index contributed by atoms with van der Waals surface area (Å²) in [5.74, 6) is 0.742. The number of halogens is 1. The molecule has 15 heavy (non-hydrogen) atoms. The summed E-state index contributed by atoms with van der Waals surface area (Å²) in [6.45, 7) is 1.03. The first kappa shape index (κ1) is 12.2. The number of benzene rings is 1. The highest BCUT2D eigenvalue weighted by Gasteiger charge is 2.04. The second-order valence-corrected chi connectivity index (χ2v) is 3.49. The van der Waals surface area contributed by atoms with E-state index in [-0.39, 0.29) is 5.78 Å². The van der Waals surface area contributed by atoms with Crippen LogP contribution in [0.2, 0.25) is 0 Å². The molecule has 0 radical (unpaired) electrons. The van der Waals surface area contributed by atoms with Crippen LogP contribution >= 0.6 is 15.9 Å². The van der Waals surface area contributed by atoms with Crippen LogP contribution in [0.3, 0.4) is 0 Å². The lowest BCUT2D eigenvalue weighted by atomic mass is 10.1. The van der Waals surface area contributed by atoms with Crippen molar-refractivity contribution in [3.05, 3.63) is 29.8 Å². The van der Waals surface area contributed by atoms with Crippen LogP contribution in [0.15, 0.2) is 24.3 Å². The van der Waals surface area contributed by atoms with Gasteiger partial charge in [0, 0.05) is 12.7 Å². The summed E-state index contributed by atoms with van der Waals surface area (Å²) in [5.41, 5.74) is 0.654. The number of rotatable bonds is 6. The summed E-state index contributed by atoms with van der Waals surface area (Å²) in [4.78, 5) is 11.4. The molecule has 1 rings (SSSR count). The molecule has 0 unspecified atom stereocenters. The molecular weight excluding hydrogens is 260 g/mol. The fourth-order valence-electron chi connectivity index (χ4n) is 1.08. The number of methoxy groups -OCH3 is 1. The molecule has 4 heteroatoms. The van der Waals surface area contributed by atoms with Gasteiger partial charge in [-0.3, -0.25) is 4.79 Å². The molecule has 82 valence electrons. The average molecular weight is 273 g/mol. The van der Waals surface area contributed by atoms with Crippen LogP contribution in [0.4, 0.5) is 0 Å². The van der Waals surface area contributed by atoms with Crippen molar-refractivity contribution in [3.63, 3.8) is 0 Å². The molecule has 1 aromatic rings. The normalized spacial score (nSPS) is 10.0. The molecule has 0 aromatic heterocycles. The van der Waals surface area contributed by atoms with Gasteiger partial charge in [-0.25, -0.2) is 0 Å². The first-order valence-corrected chi connectivity index (χ1v) is 5.71. The highest BCUT2D eigenvalue weighted by atomic mass is 79.9. The SMILES string of the molecule is COCCOc1cccc(C(=O)CBr)c1. The molecule has 0 aliphatic carbocycles. The van der Waals surface area contributed by atoms with Gasteiger partial charge in [-0.1, -0.05) is 28.1 Å². The van der Waals surface area contributed by atoms with E-state index < -0.39 is 0 Å². The van der Waals surface area contributed by atoms with Gasteiger partial charge in [0.05, 0.1) is 11.9 Å². The van der Waals surface area contributed by atoms with E-state index in [4.69, 9.17) is 9.47 Å². The largest absolute Gasteiger partial charge is 0.491 e. The number of hydrogen-bond acceptors (Lipinski definition) is 3. The summed E-state index contributed by atoms with van der Waals surface area (Å²) >= 11 is 3.13. The van der Waals surface area contributed by atoms with Crippen LogP contribution in [-0.2, 0) is 4.74 Å². The van der Waals surface area contributed by atoms with Crippen molar-refractivity contribution in [2.75, 3.05) is 25.7 Å². The number of ketones is 1. The molecule has 0 bridgehead atoms. The van der Waals surface area contributed by atoms with Gasteiger partial charge in [0.1, 0.15) is 12.4 Å². The van der Waals surface area contributed by atoms with E-state index in [2.05, 4.69) is 15.9 Å². The van der Waals surface area contributed by atoms with Crippen molar-refractivity contribution in [1.29, 1.82) is 0 Å². The minimum Gasteiger partial charge on any atom is -0.491 e. The molecule has 0 saturated heterocycles. The maximum Gasteiger partial charge on any atom is 0.173 e. The van der Waals surface area contributed by atoms with Crippen molar-refractivity contribution in [3.8, 4) is 5.75 Å². The van der Waals surface area contributed by atoms with E-state index in [1.165, 1.54) is 0 Å². The third kappa shape index (κ3) is 4.01. The summed E-state index contributed by atoms with van der Waals surface area (Å²) < 4.78 is 10.3. The first-order chi connectivity index (χ1) is 7.27. The van der Waals surface area contributed by atoms with Gasteiger partial charge < -0.3 is 9.47 Å². The summed E-state index contributed by atoms with van der Waals surface area (Å²) in [6.07, 6.45) is 0. The fraction of sp³-hybridized carbons (Fsp3) is 0.364. The Kier molecular flexibility index (Phi) is 5.36. The van der Waals surface area contributed by atoms with Crippen molar-refractivity contribution in [2.45, 2.75) is 0 Å². The van der Waals surface area contributed by atoms with Crippen LogP contribution in [0, 0.1) is 0 Å². The molecule has 0 spiro atoms. The number of hydrogen-bond donors (Lipinski definition) is 0. The van der Waals surface area contributed by atoms with Crippen molar-refractivity contribution < 1.29 is 14.3 Å². The zero-order valence-electron chi connectivity index (χ0n) is 8.53. The monoisotopic (exact) mass is 272 g/mol. The van der Waals surface area contributed by atoms with E-state index >= 15 is 0 Å². The topological polar surface area (TPSA) is 35.5 Å². The molecule has 0 aliphatic heterocycles. The van der Waals surface area contributed by atoms with Crippen LogP contribution in [0.1, 0.15) is 10.4 Å². The van der Waals surface area contributed by atoms with Gasteiger partial charge in [-0.05, 0) is 12.1 Å². The van der Waals surface area contributed by atoms with Crippen molar-refractivity contribution in [2.24, 2.45) is 0 Å². The molecule has 0 aliphatic rings. The molecule has 0 atom stereocenters. The third-order valence-electron chi connectivity index (χ3n) is 1.83. The molecule has 0 amide bonds. The predicted octanol–water partition coefficient (Wildman–Crippen LogP) is 2.29. The maximum atomic E-state index is 11.4. The number of carbonyl (C=O) groups is 1. The molecule has 0 N–H and O–H groups in total. The van der Waals surface area contributed by atoms with Crippen LogP contribution in [0.5, 0.6) is 5.75 Å². The Labute approximate surface area is 97.5 Å². The van der Waals surface area contributed by atoms with Gasteiger partial charge in [-0.15, -0.1) is 0 Å². The molecular formula is C11H13BrO3. The van der Waals surface area contributed by atoms with E-state index in [0.717, 1.165) is 0 Å². The Bertz CT molecular complexity index is 325. The minimum absolute atomic E-state index is 0.0483. The number of carbonyl (C=O) groups excluding carboxylic acids is 1. The lowest BCUT2D eigenvalue weighted by Gasteiger charge is -2.06. The van der Waals surface area contributed by atoms with E-state index in [1.54, 1.807) is 25.3 Å². The first-order valence-electron chi connectivity index (χ1n) is 4.59. The van der Waals surface area contributed by atoms with Gasteiger partial charge in [0.15, 0.2) is 5.78 Å². The smallest absolute Gasteiger partial charge is 0.173 e. The van der Waals surface area contributed by atoms with Gasteiger partial charge in [-0.2, -0.15) is 0 Å². The highest BCUT2D eigenvalue weighted by molar-refractivity contribution is 9.09. The van der Waals surface area contributed by atoms with E-state index in [9.17, 15) is 4.79 Å². The predicted molar refractivity (Wildman–Crippen MR) is 61.9 cm³/mol. The Balaban J connectivity index is 2.62. The van der Waals surface area contributed by atoms with Crippen molar-refractivity contribution in [1.82, 2.24) is 0 Å². The molecule has 0 saturated carbocycles. The summed E-state index contributed by atoms with van der Waals surface area (Å²) in [5, 5.41) is 0.328. The average Bonchev–Trinajstić information content (AvgIpc) is 2.29. The summed E-state index contributed by atoms with van der Waals surface area (Å²) in [6, 6.07) is 7.13. The van der Waals surface area contributed by atoms with E-state index in [1.807, 2.05) is 6.07 Å². The van der Waals surface area contributed by atoms with Crippen LogP contribution < -0.4 is 4.74 Å². The van der Waals surface area contributed by atoms with Gasteiger partial charge in [0.25, 0.3) is 0 Å². The van der Waals surface area contributed by atoms with Gasteiger partial charge >= 0.3 is 0 Å². The minimum atomic E-state index is 0.0483. The zero-order chi connectivity index (χ0) is 11.1. The standard InChI is InChI=1S/C11H13BrO3/c1-14-5-6-15-10-4-2-3-9(7-10)11(13)8-12/h2-4,7H,5-6,8H2,1H3. The second kappa shape index (κ2) is 6.58. The Morgan fingerprint density at radius 1 is 1.40 bits per heavy atom. The molecule has 0 heterocycles. The van der Waals surface area contributed by atoms with Gasteiger partial charge in [0.2, 0.25) is 0 Å². The van der Waals surface area contributed by atoms with Crippen LogP contribution in [-0.4, -0.2) is 31.4 Å². The Hall–Kier alpha value is -0.870. The van der Waals surface area contributed by atoms with Crippen molar-refractivity contribution >= 4 is 21.7 Å².